The topological polar surface area (TPSA) is 147 Å². The van der Waals surface area contributed by atoms with Crippen LogP contribution >= 0.6 is 0 Å². The van der Waals surface area contributed by atoms with Gasteiger partial charge >= 0.3 is 0 Å². The second-order valence-corrected chi connectivity index (χ2v) is 7.32. The maximum absolute atomic E-state index is 12.7. The fraction of sp³-hybridized carbons (Fsp3) is 0.250. The number of imide groups is 1. The summed E-state index contributed by atoms with van der Waals surface area (Å²) in [5, 5.41) is 21.7. The molecular formula is C20H17N5O7. The first-order valence-corrected chi connectivity index (χ1v) is 9.68. The molecule has 0 atom stereocenters. The first-order chi connectivity index (χ1) is 15.3. The van der Waals surface area contributed by atoms with Gasteiger partial charge < -0.3 is 9.80 Å². The third kappa shape index (κ3) is 3.73. The van der Waals surface area contributed by atoms with Gasteiger partial charge in [0, 0.05) is 56.1 Å². The summed E-state index contributed by atoms with van der Waals surface area (Å²) in [6.07, 6.45) is 0. The molecular weight excluding hydrogens is 422 g/mol. The van der Waals surface area contributed by atoms with E-state index in [4.69, 9.17) is 0 Å². The predicted octanol–water partition coefficient (Wildman–Crippen LogP) is 1.45. The molecule has 0 aromatic heterocycles. The molecule has 1 saturated heterocycles. The summed E-state index contributed by atoms with van der Waals surface area (Å²) in [5.41, 5.74) is 0.440. The van der Waals surface area contributed by atoms with Crippen molar-refractivity contribution in [3.8, 4) is 0 Å². The molecule has 12 heteroatoms. The number of carbonyl (C=O) groups is 3. The molecule has 0 bridgehead atoms. The van der Waals surface area contributed by atoms with E-state index in [9.17, 15) is 34.6 Å². The molecule has 32 heavy (non-hydrogen) atoms. The lowest BCUT2D eigenvalue weighted by Crippen LogP contribution is -2.51. The molecule has 2 aliphatic heterocycles. The van der Waals surface area contributed by atoms with Crippen molar-refractivity contribution < 1.29 is 24.2 Å². The quantitative estimate of drug-likeness (QED) is 0.386. The molecule has 2 heterocycles. The largest absolute Gasteiger partial charge is 0.368 e. The van der Waals surface area contributed by atoms with E-state index in [0.29, 0.717) is 26.2 Å². The molecule has 2 aromatic carbocycles. The van der Waals surface area contributed by atoms with Crippen molar-refractivity contribution in [2.24, 2.45) is 0 Å². The van der Waals surface area contributed by atoms with Crippen LogP contribution in [0.25, 0.3) is 0 Å². The molecule has 1 fully saturated rings. The summed E-state index contributed by atoms with van der Waals surface area (Å²) < 4.78 is 0. The van der Waals surface area contributed by atoms with E-state index < -0.39 is 34.1 Å². The maximum atomic E-state index is 12.7. The van der Waals surface area contributed by atoms with Crippen LogP contribution in [0.15, 0.2) is 42.5 Å². The Morgan fingerprint density at radius 1 is 0.812 bits per heavy atom. The van der Waals surface area contributed by atoms with Crippen LogP contribution in [0.4, 0.5) is 17.1 Å². The van der Waals surface area contributed by atoms with Crippen molar-refractivity contribution in [3.63, 3.8) is 0 Å². The molecule has 3 amide bonds. The number of nitrogens with zero attached hydrogens (tertiary/aromatic N) is 5. The number of carbonyl (C=O) groups excluding carboxylic acids is 3. The van der Waals surface area contributed by atoms with Gasteiger partial charge in [-0.15, -0.1) is 0 Å². The second-order valence-electron chi connectivity index (χ2n) is 7.32. The number of amides is 3. The fourth-order valence-electron chi connectivity index (χ4n) is 3.77. The molecule has 164 valence electrons. The van der Waals surface area contributed by atoms with Crippen LogP contribution < -0.4 is 4.90 Å². The summed E-state index contributed by atoms with van der Waals surface area (Å²) in [6, 6.07) is 9.54. The number of nitro groups is 2. The zero-order chi connectivity index (χ0) is 23.0. The molecule has 0 spiro atoms. The first-order valence-electron chi connectivity index (χ1n) is 9.68. The van der Waals surface area contributed by atoms with Gasteiger partial charge in [-0.2, -0.15) is 0 Å². The van der Waals surface area contributed by atoms with Crippen LogP contribution in [-0.2, 0) is 4.79 Å². The van der Waals surface area contributed by atoms with Crippen LogP contribution in [0.5, 0.6) is 0 Å². The van der Waals surface area contributed by atoms with Crippen LogP contribution in [0.2, 0.25) is 0 Å². The predicted molar refractivity (Wildman–Crippen MR) is 110 cm³/mol. The molecule has 4 rings (SSSR count). The highest BCUT2D eigenvalue weighted by Gasteiger charge is 2.38. The van der Waals surface area contributed by atoms with Crippen molar-refractivity contribution >= 4 is 34.8 Å². The van der Waals surface area contributed by atoms with E-state index in [1.54, 1.807) is 12.1 Å². The second kappa shape index (κ2) is 8.06. The number of hydrogen-bond donors (Lipinski definition) is 0. The molecule has 12 nitrogen and oxygen atoms in total. The maximum Gasteiger partial charge on any atom is 0.270 e. The third-order valence-electron chi connectivity index (χ3n) is 5.52. The van der Waals surface area contributed by atoms with Crippen LogP contribution in [0, 0.1) is 20.2 Å². The van der Waals surface area contributed by atoms with Gasteiger partial charge in [-0.05, 0) is 18.2 Å². The zero-order valence-electron chi connectivity index (χ0n) is 16.7. The van der Waals surface area contributed by atoms with E-state index in [1.165, 1.54) is 23.1 Å². The molecule has 0 N–H and O–H groups in total. The van der Waals surface area contributed by atoms with Crippen LogP contribution in [-0.4, -0.2) is 70.1 Å². The first kappa shape index (κ1) is 20.9. The monoisotopic (exact) mass is 439 g/mol. The minimum Gasteiger partial charge on any atom is -0.368 e. The molecule has 0 saturated carbocycles. The van der Waals surface area contributed by atoms with E-state index in [2.05, 4.69) is 0 Å². The fourth-order valence-corrected chi connectivity index (χ4v) is 3.77. The third-order valence-corrected chi connectivity index (χ3v) is 5.52. The van der Waals surface area contributed by atoms with Crippen molar-refractivity contribution in [2.75, 3.05) is 37.6 Å². The highest BCUT2D eigenvalue weighted by Crippen LogP contribution is 2.27. The van der Waals surface area contributed by atoms with Gasteiger partial charge in [-0.25, -0.2) is 0 Å². The van der Waals surface area contributed by atoms with Crippen molar-refractivity contribution in [2.45, 2.75) is 0 Å². The molecule has 0 unspecified atom stereocenters. The van der Waals surface area contributed by atoms with Crippen molar-refractivity contribution in [3.05, 3.63) is 73.8 Å². The van der Waals surface area contributed by atoms with Gasteiger partial charge in [0.05, 0.1) is 21.0 Å². The van der Waals surface area contributed by atoms with Gasteiger partial charge in [0.25, 0.3) is 23.2 Å². The molecule has 2 aromatic rings. The highest BCUT2D eigenvalue weighted by molar-refractivity contribution is 6.22. The van der Waals surface area contributed by atoms with E-state index in [-0.39, 0.29) is 22.5 Å². The Kier molecular flexibility index (Phi) is 5.26. The number of benzene rings is 2. The number of anilines is 1. The minimum atomic E-state index is -0.730. The summed E-state index contributed by atoms with van der Waals surface area (Å²) in [4.78, 5) is 62.7. The van der Waals surface area contributed by atoms with Gasteiger partial charge in [-0.1, -0.05) is 0 Å². The smallest absolute Gasteiger partial charge is 0.270 e. The summed E-state index contributed by atoms with van der Waals surface area (Å²) in [7, 11) is 0. The Morgan fingerprint density at radius 3 is 1.97 bits per heavy atom. The number of rotatable bonds is 5. The summed E-state index contributed by atoms with van der Waals surface area (Å²) in [6.45, 7) is 1.22. The summed E-state index contributed by atoms with van der Waals surface area (Å²) >= 11 is 0. The lowest BCUT2D eigenvalue weighted by Gasteiger charge is -2.36. The number of fused-ring (bicyclic) bond motifs is 1. The number of piperazine rings is 1. The zero-order valence-corrected chi connectivity index (χ0v) is 16.7. The molecule has 0 aliphatic carbocycles. The Labute approximate surface area is 180 Å². The average Bonchev–Trinajstić information content (AvgIpc) is 3.03. The van der Waals surface area contributed by atoms with Gasteiger partial charge in [-0.3, -0.25) is 39.5 Å². The van der Waals surface area contributed by atoms with E-state index in [0.717, 1.165) is 22.7 Å². The van der Waals surface area contributed by atoms with Gasteiger partial charge in [0.1, 0.15) is 6.54 Å². The summed E-state index contributed by atoms with van der Waals surface area (Å²) in [5.74, 6) is -1.79. The lowest BCUT2D eigenvalue weighted by molar-refractivity contribution is -0.385. The van der Waals surface area contributed by atoms with Crippen LogP contribution in [0.3, 0.4) is 0 Å². The normalized spacial score (nSPS) is 15.7. The van der Waals surface area contributed by atoms with E-state index in [1.807, 2.05) is 4.90 Å². The Morgan fingerprint density at radius 2 is 1.38 bits per heavy atom. The SMILES string of the molecule is O=C(CN1C(=O)c2ccc([N+](=O)[O-])cc2C1=O)N1CCN(c2ccc([N+](=O)[O-])cc2)CC1. The Balaban J connectivity index is 1.38. The minimum absolute atomic E-state index is 0.00570. The average molecular weight is 439 g/mol. The Hall–Kier alpha value is -4.35. The van der Waals surface area contributed by atoms with Crippen molar-refractivity contribution in [1.82, 2.24) is 9.80 Å². The van der Waals surface area contributed by atoms with Crippen molar-refractivity contribution in [1.29, 1.82) is 0 Å². The number of non-ortho nitro benzene ring substituents is 2. The molecule has 0 radical (unpaired) electrons. The molecule has 2 aliphatic rings. The number of hydrogen-bond acceptors (Lipinski definition) is 8. The lowest BCUT2D eigenvalue weighted by atomic mass is 10.1. The van der Waals surface area contributed by atoms with Crippen LogP contribution in [0.1, 0.15) is 20.7 Å². The van der Waals surface area contributed by atoms with E-state index >= 15 is 0 Å². The number of nitro benzene ring substituents is 2. The van der Waals surface area contributed by atoms with Gasteiger partial charge in [0.15, 0.2) is 0 Å². The van der Waals surface area contributed by atoms with Gasteiger partial charge in [0.2, 0.25) is 5.91 Å². The standard InChI is InChI=1S/C20H17N5O7/c26-18(12-23-19(27)16-6-5-15(25(31)32)11-17(16)20(23)28)22-9-7-21(8-10-22)13-1-3-14(4-2-13)24(29)30/h1-6,11H,7-10,12H2. The Bertz CT molecular complexity index is 1140. The highest BCUT2D eigenvalue weighted by atomic mass is 16.6.